The molecular weight excluding hydrogens is 182 g/mol. The Morgan fingerprint density at radius 1 is 1.71 bits per heavy atom. The highest BCUT2D eigenvalue weighted by Crippen LogP contribution is 2.07. The molecule has 2 atom stereocenters. The smallest absolute Gasteiger partial charge is 0.246 e. The Balaban J connectivity index is 3.48. The second-order valence-corrected chi connectivity index (χ2v) is 2.92. The molecule has 0 aliphatic rings. The van der Waals surface area contributed by atoms with Crippen LogP contribution in [-0.2, 0) is 7.05 Å². The van der Waals surface area contributed by atoms with Crippen molar-refractivity contribution in [1.82, 2.24) is 14.3 Å². The molecule has 0 amide bonds. The minimum atomic E-state index is -0.708. The fourth-order valence-electron chi connectivity index (χ4n) is 1.16. The van der Waals surface area contributed by atoms with Crippen LogP contribution in [0.15, 0.2) is 21.7 Å². The summed E-state index contributed by atoms with van der Waals surface area (Å²) in [6, 6.07) is -0.608. The number of aromatic nitrogens is 3. The number of hydrogen-bond acceptors (Lipinski definition) is 2. The highest BCUT2D eigenvalue weighted by Gasteiger charge is 2.11. The van der Waals surface area contributed by atoms with Crippen LogP contribution < -0.4 is 11.4 Å². The molecule has 5 nitrogen and oxygen atoms in total. The molecule has 0 aliphatic carbocycles. The highest BCUT2D eigenvalue weighted by atomic mass is 16.2. The summed E-state index contributed by atoms with van der Waals surface area (Å²) in [4.78, 5) is 23.1. The molecule has 0 aromatic carbocycles. The van der Waals surface area contributed by atoms with Gasteiger partial charge in [0.05, 0.1) is 6.04 Å². The van der Waals surface area contributed by atoms with E-state index in [1.807, 2.05) is 0 Å². The van der Waals surface area contributed by atoms with Crippen LogP contribution in [0.25, 0.3) is 0 Å². The van der Waals surface area contributed by atoms with E-state index in [1.165, 1.54) is 7.05 Å². The van der Waals surface area contributed by atoms with Crippen LogP contribution in [-0.4, -0.2) is 14.3 Å². The maximum Gasteiger partial charge on any atom is 0.347 e. The van der Waals surface area contributed by atoms with Crippen LogP contribution in [0.4, 0.5) is 0 Å². The number of allylic oxidation sites excluding steroid dienone is 2. The quantitative estimate of drug-likeness (QED) is 0.716. The van der Waals surface area contributed by atoms with Gasteiger partial charge in [0.2, 0.25) is 0 Å². The Morgan fingerprint density at radius 2 is 2.36 bits per heavy atom. The second kappa shape index (κ2) is 4.13. The number of hydrogen-bond donors (Lipinski definition) is 1. The molecule has 0 saturated carbocycles. The summed E-state index contributed by atoms with van der Waals surface area (Å²) in [5.74, 6) is 0. The van der Waals surface area contributed by atoms with E-state index in [0.717, 1.165) is 9.25 Å². The standard InChI is InChI=1S/C9H15N3O2/c1-4-6-7(5-2)12-9(14)11(3)8(13)10-12/h4,6-7H,5H2,1-3H3,(H,10,13)/b6-4+/t7-/m1/s1/i5D/hD/t5-,7-. The van der Waals surface area contributed by atoms with E-state index in [1.54, 1.807) is 26.0 Å². The monoisotopic (exact) mass is 199 g/mol. The molecule has 0 unspecified atom stereocenters. The summed E-state index contributed by atoms with van der Waals surface area (Å²) in [6.07, 6.45) is 2.70. The minimum absolute atomic E-state index is 0.498. The Morgan fingerprint density at radius 3 is 2.71 bits per heavy atom. The van der Waals surface area contributed by atoms with Gasteiger partial charge in [-0.2, -0.15) is 0 Å². The molecule has 5 heteroatoms. The number of rotatable bonds is 3. The fourth-order valence-corrected chi connectivity index (χ4v) is 1.16. The van der Waals surface area contributed by atoms with Gasteiger partial charge in [0.25, 0.3) is 0 Å². The van der Waals surface area contributed by atoms with Crippen molar-refractivity contribution >= 4 is 0 Å². The predicted octanol–water partition coefficient (Wildman–Crippen LogP) is 0.402. The van der Waals surface area contributed by atoms with E-state index >= 15 is 0 Å². The average Bonchev–Trinajstić information content (AvgIpc) is 2.41. The third-order valence-corrected chi connectivity index (χ3v) is 1.98. The molecule has 1 aromatic heterocycles. The molecule has 0 radical (unpaired) electrons. The van der Waals surface area contributed by atoms with E-state index < -0.39 is 23.8 Å². The van der Waals surface area contributed by atoms with E-state index in [0.29, 0.717) is 5.09 Å². The van der Waals surface area contributed by atoms with E-state index in [9.17, 15) is 9.59 Å². The molecule has 1 heterocycles. The molecule has 0 spiro atoms. The fraction of sp³-hybridized carbons (Fsp3) is 0.556. The topological polar surface area (TPSA) is 59.8 Å². The van der Waals surface area contributed by atoms with E-state index in [4.69, 9.17) is 2.78 Å². The summed E-state index contributed by atoms with van der Waals surface area (Å²) in [5, 5.41) is 0.498. The largest absolute Gasteiger partial charge is 0.347 e. The molecule has 0 fully saturated rings. The Kier molecular flexibility index (Phi) is 2.31. The number of nitrogens with zero attached hydrogens (tertiary/aromatic N) is 2. The molecule has 1 aromatic rings. The zero-order valence-electron chi connectivity index (χ0n) is 10.5. The van der Waals surface area contributed by atoms with Gasteiger partial charge in [-0.25, -0.2) is 23.9 Å². The van der Waals surface area contributed by atoms with Gasteiger partial charge in [-0.3, -0.25) is 0 Å². The third kappa shape index (κ3) is 1.71. The molecular formula is C9H15N3O2. The van der Waals surface area contributed by atoms with Crippen molar-refractivity contribution in [3.8, 4) is 0 Å². The first-order chi connectivity index (χ1) is 7.41. The van der Waals surface area contributed by atoms with Crippen LogP contribution in [0.2, 0.25) is 1.41 Å². The summed E-state index contributed by atoms with van der Waals surface area (Å²) >= 11 is 0. The molecule has 0 saturated heterocycles. The third-order valence-electron chi connectivity index (χ3n) is 1.98. The van der Waals surface area contributed by atoms with Crippen LogP contribution >= 0.6 is 0 Å². The van der Waals surface area contributed by atoms with Gasteiger partial charge in [-0.05, 0) is 13.3 Å². The molecule has 14 heavy (non-hydrogen) atoms. The lowest BCUT2D eigenvalue weighted by Gasteiger charge is -2.08. The first kappa shape index (κ1) is 7.84. The maximum atomic E-state index is 11.7. The van der Waals surface area contributed by atoms with Crippen molar-refractivity contribution in [1.29, 1.82) is 0 Å². The minimum Gasteiger partial charge on any atom is -0.246 e. The second-order valence-electron chi connectivity index (χ2n) is 2.92. The number of H-pyrrole nitrogens is 1. The number of nitrogens with one attached hydrogen (secondary N) is 1. The average molecular weight is 199 g/mol. The Hall–Kier alpha value is -1.52. The maximum absolute atomic E-state index is 11.7. The molecule has 78 valence electrons. The van der Waals surface area contributed by atoms with Gasteiger partial charge in [-0.1, -0.05) is 19.1 Å². The Labute approximate surface area is 84.5 Å². The normalized spacial score (nSPS) is 17.9. The SMILES string of the molecule is [2H][C@H](C)[C@H](/C=C/C)n1c(=O)n(C)c(=O)n1[2H]. The van der Waals surface area contributed by atoms with Crippen LogP contribution in [0.5, 0.6) is 0 Å². The van der Waals surface area contributed by atoms with Crippen LogP contribution in [0.1, 0.15) is 27.7 Å². The van der Waals surface area contributed by atoms with Crippen molar-refractivity contribution in [2.45, 2.75) is 26.3 Å². The highest BCUT2D eigenvalue weighted by molar-refractivity contribution is 4.89. The zero-order chi connectivity index (χ0) is 12.5. The van der Waals surface area contributed by atoms with Gasteiger partial charge in [0.1, 0.15) is 0 Å². The lowest BCUT2D eigenvalue weighted by atomic mass is 10.2. The van der Waals surface area contributed by atoms with Crippen LogP contribution in [0, 0.1) is 0 Å². The zero-order valence-corrected chi connectivity index (χ0v) is 8.47. The van der Waals surface area contributed by atoms with Gasteiger partial charge in [-0.15, -0.1) is 0 Å². The summed E-state index contributed by atoms with van der Waals surface area (Å²) in [6.45, 7) is 3.37. The van der Waals surface area contributed by atoms with Gasteiger partial charge in [0, 0.05) is 8.42 Å². The van der Waals surface area contributed by atoms with Crippen molar-refractivity contribution in [3.05, 3.63) is 33.1 Å². The van der Waals surface area contributed by atoms with Crippen molar-refractivity contribution in [3.63, 3.8) is 0 Å². The summed E-state index contributed by atoms with van der Waals surface area (Å²) in [5.41, 5.74) is -1.29. The van der Waals surface area contributed by atoms with Gasteiger partial charge >= 0.3 is 11.4 Å². The number of aromatic amines is 1. The molecule has 1 rings (SSSR count). The van der Waals surface area contributed by atoms with E-state index in [-0.39, 0.29) is 0 Å². The van der Waals surface area contributed by atoms with Crippen molar-refractivity contribution < 1.29 is 2.78 Å². The predicted molar refractivity (Wildman–Crippen MR) is 54.4 cm³/mol. The molecule has 0 bridgehead atoms. The van der Waals surface area contributed by atoms with Crippen molar-refractivity contribution in [2.24, 2.45) is 7.05 Å². The van der Waals surface area contributed by atoms with Crippen molar-refractivity contribution in [2.75, 3.05) is 0 Å². The molecule has 0 aliphatic heterocycles. The molecule has 1 N–H and O–H groups in total. The summed E-state index contributed by atoms with van der Waals surface area (Å²) in [7, 11) is 1.31. The first-order valence-corrected chi connectivity index (χ1v) is 4.36. The van der Waals surface area contributed by atoms with Crippen LogP contribution in [0.3, 0.4) is 0 Å². The van der Waals surface area contributed by atoms with Gasteiger partial charge in [0.15, 0.2) is 1.41 Å². The summed E-state index contributed by atoms with van der Waals surface area (Å²) < 4.78 is 16.9. The van der Waals surface area contributed by atoms with E-state index in [2.05, 4.69) is 0 Å². The lowest BCUT2D eigenvalue weighted by Crippen LogP contribution is -2.27. The first-order valence-electron chi connectivity index (χ1n) is 5.39. The van der Waals surface area contributed by atoms with Gasteiger partial charge < -0.3 is 0 Å². The Bertz CT molecular complexity index is 510. The lowest BCUT2D eigenvalue weighted by molar-refractivity contribution is 0.500.